The molecule has 3 saturated heterocycles. The molecule has 9 heteroatoms. The van der Waals surface area contributed by atoms with Gasteiger partial charge in [0.25, 0.3) is 5.88 Å². The van der Waals surface area contributed by atoms with Crippen molar-refractivity contribution in [2.45, 2.75) is 37.8 Å². The molecule has 0 aliphatic carbocycles. The van der Waals surface area contributed by atoms with Gasteiger partial charge in [-0.3, -0.25) is 9.59 Å². The average molecular weight is 385 g/mol. The molecule has 0 spiro atoms. The number of hydrogen-bond acceptors (Lipinski definition) is 7. The lowest BCUT2D eigenvalue weighted by molar-refractivity contribution is -0.135. The number of carbonyl (C=O) groups is 2. The van der Waals surface area contributed by atoms with Gasteiger partial charge < -0.3 is 19.3 Å². The van der Waals surface area contributed by atoms with Gasteiger partial charge in [0.1, 0.15) is 12.2 Å². The minimum atomic E-state index is -0.291. The average Bonchev–Trinajstić information content (AvgIpc) is 3.35. The quantitative estimate of drug-likeness (QED) is 0.736. The summed E-state index contributed by atoms with van der Waals surface area (Å²) in [6.07, 6.45) is 5.31. The van der Waals surface area contributed by atoms with Crippen LogP contribution in [0.4, 0.5) is 0 Å². The summed E-state index contributed by atoms with van der Waals surface area (Å²) in [7, 11) is 0. The maximum Gasteiger partial charge on any atom is 0.251 e. The smallest absolute Gasteiger partial charge is 0.251 e. The number of likely N-dealkylation sites (tertiary alicyclic amines) is 2. The Morgan fingerprint density at radius 2 is 2.00 bits per heavy atom. The summed E-state index contributed by atoms with van der Waals surface area (Å²) < 4.78 is 11.2. The van der Waals surface area contributed by atoms with Crippen molar-refractivity contribution < 1.29 is 19.1 Å². The van der Waals surface area contributed by atoms with Crippen molar-refractivity contribution in [2.75, 3.05) is 32.8 Å². The maximum atomic E-state index is 12.9. The summed E-state index contributed by atoms with van der Waals surface area (Å²) in [6, 6.07) is 2.15. The first kappa shape index (κ1) is 18.6. The van der Waals surface area contributed by atoms with Gasteiger partial charge in [0.2, 0.25) is 17.5 Å². The molecule has 2 amide bonds. The van der Waals surface area contributed by atoms with E-state index in [0.29, 0.717) is 39.3 Å². The van der Waals surface area contributed by atoms with Crippen molar-refractivity contribution in [1.82, 2.24) is 19.8 Å². The SMILES string of the molecule is N#Cc1nccnc1O[C@@H]1CCN(C(=O)[C@@H]2CC(=O)N(C3CCOCC3)C2)C1. The summed E-state index contributed by atoms with van der Waals surface area (Å²) >= 11 is 0. The molecule has 3 aliphatic heterocycles. The van der Waals surface area contributed by atoms with Gasteiger partial charge in [-0.2, -0.15) is 5.26 Å². The first-order valence-corrected chi connectivity index (χ1v) is 9.69. The van der Waals surface area contributed by atoms with Gasteiger partial charge in [-0.1, -0.05) is 0 Å². The molecule has 9 nitrogen and oxygen atoms in total. The molecule has 1 aromatic heterocycles. The van der Waals surface area contributed by atoms with Crippen molar-refractivity contribution in [3.05, 3.63) is 18.1 Å². The molecule has 0 saturated carbocycles. The van der Waals surface area contributed by atoms with Crippen molar-refractivity contribution in [3.8, 4) is 11.9 Å². The van der Waals surface area contributed by atoms with Crippen LogP contribution in [0, 0.1) is 17.2 Å². The van der Waals surface area contributed by atoms with Crippen LogP contribution in [0.2, 0.25) is 0 Å². The van der Waals surface area contributed by atoms with Crippen molar-refractivity contribution in [2.24, 2.45) is 5.92 Å². The van der Waals surface area contributed by atoms with E-state index in [1.807, 2.05) is 11.0 Å². The highest BCUT2D eigenvalue weighted by atomic mass is 16.5. The molecule has 0 aromatic carbocycles. The fraction of sp³-hybridized carbons (Fsp3) is 0.632. The van der Waals surface area contributed by atoms with E-state index in [4.69, 9.17) is 14.7 Å². The van der Waals surface area contributed by atoms with Gasteiger partial charge in [-0.15, -0.1) is 0 Å². The minimum absolute atomic E-state index is 0.00802. The Morgan fingerprint density at radius 1 is 1.21 bits per heavy atom. The third-order valence-corrected chi connectivity index (χ3v) is 5.64. The van der Waals surface area contributed by atoms with E-state index in [1.54, 1.807) is 4.90 Å². The summed E-state index contributed by atoms with van der Waals surface area (Å²) in [6.45, 7) is 2.85. The van der Waals surface area contributed by atoms with Crippen LogP contribution in [0.1, 0.15) is 31.4 Å². The molecule has 0 unspecified atom stereocenters. The minimum Gasteiger partial charge on any atom is -0.470 e. The van der Waals surface area contributed by atoms with Crippen LogP contribution in [0.15, 0.2) is 12.4 Å². The topological polar surface area (TPSA) is 109 Å². The van der Waals surface area contributed by atoms with Crippen LogP contribution < -0.4 is 4.74 Å². The predicted molar refractivity (Wildman–Crippen MR) is 96.0 cm³/mol. The second kappa shape index (κ2) is 8.10. The molecule has 4 rings (SSSR count). The van der Waals surface area contributed by atoms with E-state index in [0.717, 1.165) is 12.8 Å². The van der Waals surface area contributed by atoms with E-state index in [-0.39, 0.29) is 47.9 Å². The lowest BCUT2D eigenvalue weighted by Crippen LogP contribution is -2.42. The summed E-state index contributed by atoms with van der Waals surface area (Å²) in [4.78, 5) is 37.0. The molecule has 148 valence electrons. The monoisotopic (exact) mass is 385 g/mol. The van der Waals surface area contributed by atoms with Crippen LogP contribution >= 0.6 is 0 Å². The molecule has 4 heterocycles. The molecular weight excluding hydrogens is 362 g/mol. The van der Waals surface area contributed by atoms with E-state index >= 15 is 0 Å². The molecule has 0 bridgehead atoms. The fourth-order valence-electron chi connectivity index (χ4n) is 4.18. The standard InChI is InChI=1S/C19H23N5O4/c20-10-16-18(22-5-4-21-16)28-15-1-6-23(12-15)19(26)13-9-17(25)24(11-13)14-2-7-27-8-3-14/h4-5,13-15H,1-3,6-9,11-12H2/t13-,15-/m1/s1. The van der Waals surface area contributed by atoms with Crippen LogP contribution in [-0.4, -0.2) is 76.6 Å². The van der Waals surface area contributed by atoms with Gasteiger partial charge in [0.05, 0.1) is 12.5 Å². The Labute approximate surface area is 163 Å². The first-order valence-electron chi connectivity index (χ1n) is 9.69. The van der Waals surface area contributed by atoms with Gasteiger partial charge in [-0.25, -0.2) is 9.97 Å². The van der Waals surface area contributed by atoms with Gasteiger partial charge in [-0.05, 0) is 12.8 Å². The lowest BCUT2D eigenvalue weighted by Gasteiger charge is -2.31. The van der Waals surface area contributed by atoms with Crippen molar-refractivity contribution in [1.29, 1.82) is 5.26 Å². The molecule has 3 aliphatic rings. The number of hydrogen-bond donors (Lipinski definition) is 0. The molecule has 0 radical (unpaired) electrons. The number of amides is 2. The Morgan fingerprint density at radius 3 is 2.79 bits per heavy atom. The number of nitriles is 1. The second-order valence-electron chi connectivity index (χ2n) is 7.43. The van der Waals surface area contributed by atoms with E-state index in [9.17, 15) is 9.59 Å². The van der Waals surface area contributed by atoms with Gasteiger partial charge in [0.15, 0.2) is 0 Å². The highest BCUT2D eigenvalue weighted by Gasteiger charge is 2.41. The van der Waals surface area contributed by atoms with Gasteiger partial charge >= 0.3 is 0 Å². The summed E-state index contributed by atoms with van der Waals surface area (Å²) in [5.41, 5.74) is 0.140. The van der Waals surface area contributed by atoms with E-state index in [1.165, 1.54) is 12.4 Å². The third-order valence-electron chi connectivity index (χ3n) is 5.64. The van der Waals surface area contributed by atoms with Crippen molar-refractivity contribution >= 4 is 11.8 Å². The summed E-state index contributed by atoms with van der Waals surface area (Å²) in [5.74, 6) is -0.0181. The van der Waals surface area contributed by atoms with Crippen LogP contribution in [-0.2, 0) is 14.3 Å². The predicted octanol–water partition coefficient (Wildman–Crippen LogP) is 0.355. The fourth-order valence-corrected chi connectivity index (χ4v) is 4.18. The molecule has 28 heavy (non-hydrogen) atoms. The first-order chi connectivity index (χ1) is 13.7. The number of carbonyl (C=O) groups excluding carboxylic acids is 2. The van der Waals surface area contributed by atoms with Crippen LogP contribution in [0.3, 0.4) is 0 Å². The number of ether oxygens (including phenoxy) is 2. The van der Waals surface area contributed by atoms with E-state index in [2.05, 4.69) is 9.97 Å². The van der Waals surface area contributed by atoms with E-state index < -0.39 is 0 Å². The third kappa shape index (κ3) is 3.78. The highest BCUT2D eigenvalue weighted by Crippen LogP contribution is 2.28. The molecule has 1 aromatic rings. The largest absolute Gasteiger partial charge is 0.470 e. The summed E-state index contributed by atoms with van der Waals surface area (Å²) in [5, 5.41) is 9.09. The molecule has 3 fully saturated rings. The van der Waals surface area contributed by atoms with Crippen molar-refractivity contribution in [3.63, 3.8) is 0 Å². The number of nitrogens with zero attached hydrogens (tertiary/aromatic N) is 5. The van der Waals surface area contributed by atoms with Crippen LogP contribution in [0.5, 0.6) is 5.88 Å². The lowest BCUT2D eigenvalue weighted by atomic mass is 10.1. The zero-order valence-corrected chi connectivity index (χ0v) is 15.6. The zero-order chi connectivity index (χ0) is 19.5. The molecule has 2 atom stereocenters. The highest BCUT2D eigenvalue weighted by molar-refractivity contribution is 5.89. The Hall–Kier alpha value is -2.73. The Kier molecular flexibility index (Phi) is 5.39. The van der Waals surface area contributed by atoms with Gasteiger partial charge in [0, 0.05) is 57.6 Å². The zero-order valence-electron chi connectivity index (χ0n) is 15.6. The molecular formula is C19H23N5O4. The number of rotatable bonds is 4. The Balaban J connectivity index is 1.33. The Bertz CT molecular complexity index is 789. The molecule has 0 N–H and O–H groups in total. The maximum absolute atomic E-state index is 12.9. The van der Waals surface area contributed by atoms with Crippen LogP contribution in [0.25, 0.3) is 0 Å². The normalized spacial score (nSPS) is 25.8. The number of aromatic nitrogens is 2. The second-order valence-corrected chi connectivity index (χ2v) is 7.43.